The van der Waals surface area contributed by atoms with E-state index in [4.69, 9.17) is 0 Å². The molecule has 124 valence electrons. The van der Waals surface area contributed by atoms with Gasteiger partial charge in [0, 0.05) is 24.4 Å². The summed E-state index contributed by atoms with van der Waals surface area (Å²) in [6.45, 7) is 0. The van der Waals surface area contributed by atoms with Crippen LogP contribution in [0.25, 0.3) is 0 Å². The van der Waals surface area contributed by atoms with Crippen molar-refractivity contribution in [2.24, 2.45) is 0 Å². The standard InChI is InChI=1S/C18H19N3O3/c1-19-16-10-9-13(11-17(16)21(23)24)18(22)20-15-8-4-6-12-5-2-3-7-14(12)15/h4,6,8-11,19H,2-3,5,7H2,1H3,(H,20,22). The number of rotatable bonds is 4. The number of carbonyl (C=O) groups is 1. The molecule has 2 aromatic rings. The van der Waals surface area contributed by atoms with Gasteiger partial charge < -0.3 is 10.6 Å². The minimum Gasteiger partial charge on any atom is -0.383 e. The Morgan fingerprint density at radius 2 is 1.92 bits per heavy atom. The normalized spacial score (nSPS) is 13.0. The van der Waals surface area contributed by atoms with Gasteiger partial charge in [0.25, 0.3) is 11.6 Å². The number of nitrogens with zero attached hydrogens (tertiary/aromatic N) is 1. The summed E-state index contributed by atoms with van der Waals surface area (Å²) in [7, 11) is 1.61. The molecule has 1 amide bonds. The smallest absolute Gasteiger partial charge is 0.293 e. The Kier molecular flexibility index (Phi) is 4.46. The lowest BCUT2D eigenvalue weighted by Gasteiger charge is -2.19. The Morgan fingerprint density at radius 3 is 2.67 bits per heavy atom. The first-order valence-electron chi connectivity index (χ1n) is 7.98. The van der Waals surface area contributed by atoms with Crippen molar-refractivity contribution < 1.29 is 9.72 Å². The zero-order valence-electron chi connectivity index (χ0n) is 13.5. The summed E-state index contributed by atoms with van der Waals surface area (Å²) in [6, 6.07) is 10.4. The Hall–Kier alpha value is -2.89. The summed E-state index contributed by atoms with van der Waals surface area (Å²) in [6.07, 6.45) is 4.26. The van der Waals surface area contributed by atoms with E-state index in [1.165, 1.54) is 23.6 Å². The van der Waals surface area contributed by atoms with Crippen LogP contribution in [0, 0.1) is 10.1 Å². The van der Waals surface area contributed by atoms with Gasteiger partial charge in [0.1, 0.15) is 5.69 Å². The fraction of sp³-hybridized carbons (Fsp3) is 0.278. The molecule has 0 atom stereocenters. The molecule has 0 aliphatic heterocycles. The molecule has 0 aromatic heterocycles. The van der Waals surface area contributed by atoms with Crippen molar-refractivity contribution in [3.8, 4) is 0 Å². The minimum absolute atomic E-state index is 0.111. The highest BCUT2D eigenvalue weighted by Crippen LogP contribution is 2.29. The lowest BCUT2D eigenvalue weighted by Crippen LogP contribution is -2.15. The van der Waals surface area contributed by atoms with E-state index in [-0.39, 0.29) is 17.2 Å². The first kappa shape index (κ1) is 16.0. The summed E-state index contributed by atoms with van der Waals surface area (Å²) in [5, 5.41) is 16.8. The predicted octanol–water partition coefficient (Wildman–Crippen LogP) is 3.77. The second-order valence-electron chi connectivity index (χ2n) is 5.84. The molecule has 0 spiro atoms. The number of hydrogen-bond donors (Lipinski definition) is 2. The maximum Gasteiger partial charge on any atom is 0.293 e. The minimum atomic E-state index is -0.493. The van der Waals surface area contributed by atoms with Gasteiger partial charge in [0.2, 0.25) is 0 Å². The molecular formula is C18H19N3O3. The van der Waals surface area contributed by atoms with Crippen LogP contribution >= 0.6 is 0 Å². The van der Waals surface area contributed by atoms with Gasteiger partial charge in [0.15, 0.2) is 0 Å². The average molecular weight is 325 g/mol. The van der Waals surface area contributed by atoms with Gasteiger partial charge in [-0.1, -0.05) is 12.1 Å². The summed E-state index contributed by atoms with van der Waals surface area (Å²) in [5.74, 6) is -0.334. The number of fused-ring (bicyclic) bond motifs is 1. The number of hydrogen-bond acceptors (Lipinski definition) is 4. The van der Waals surface area contributed by atoms with E-state index in [0.717, 1.165) is 24.9 Å². The molecule has 1 aliphatic rings. The van der Waals surface area contributed by atoms with Crippen LogP contribution in [-0.4, -0.2) is 17.9 Å². The largest absolute Gasteiger partial charge is 0.383 e. The van der Waals surface area contributed by atoms with Crippen LogP contribution in [0.1, 0.15) is 34.3 Å². The number of amides is 1. The predicted molar refractivity (Wildman–Crippen MR) is 93.7 cm³/mol. The Bertz CT molecular complexity index is 802. The van der Waals surface area contributed by atoms with Gasteiger partial charge in [-0.15, -0.1) is 0 Å². The van der Waals surface area contributed by atoms with Crippen molar-refractivity contribution >= 4 is 23.0 Å². The molecule has 2 aromatic carbocycles. The van der Waals surface area contributed by atoms with E-state index in [0.29, 0.717) is 5.69 Å². The van der Waals surface area contributed by atoms with Crippen molar-refractivity contribution in [2.45, 2.75) is 25.7 Å². The lowest BCUT2D eigenvalue weighted by atomic mass is 9.90. The van der Waals surface area contributed by atoms with E-state index in [2.05, 4.69) is 16.7 Å². The highest BCUT2D eigenvalue weighted by molar-refractivity contribution is 6.05. The molecule has 6 nitrogen and oxygen atoms in total. The van der Waals surface area contributed by atoms with E-state index >= 15 is 0 Å². The number of nitro benzene ring substituents is 1. The number of carbonyl (C=O) groups excluding carboxylic acids is 1. The van der Waals surface area contributed by atoms with Crippen molar-refractivity contribution in [3.05, 3.63) is 63.2 Å². The number of nitro groups is 1. The number of anilines is 2. The molecule has 0 unspecified atom stereocenters. The fourth-order valence-corrected chi connectivity index (χ4v) is 3.13. The Balaban J connectivity index is 1.88. The van der Waals surface area contributed by atoms with Gasteiger partial charge in [0.05, 0.1) is 4.92 Å². The molecule has 0 radical (unpaired) electrons. The quantitative estimate of drug-likeness (QED) is 0.662. The molecule has 0 saturated heterocycles. The maximum absolute atomic E-state index is 12.5. The highest BCUT2D eigenvalue weighted by atomic mass is 16.6. The zero-order valence-corrected chi connectivity index (χ0v) is 13.5. The molecule has 3 rings (SSSR count). The van der Waals surface area contributed by atoms with Crippen molar-refractivity contribution in [3.63, 3.8) is 0 Å². The second kappa shape index (κ2) is 6.70. The third kappa shape index (κ3) is 3.08. The van der Waals surface area contributed by atoms with Gasteiger partial charge in [-0.05, 0) is 55.0 Å². The van der Waals surface area contributed by atoms with Crippen molar-refractivity contribution in [2.75, 3.05) is 17.7 Å². The van der Waals surface area contributed by atoms with Crippen molar-refractivity contribution in [1.82, 2.24) is 0 Å². The SMILES string of the molecule is CNc1ccc(C(=O)Nc2cccc3c2CCCC3)cc1[N+](=O)[O-]. The second-order valence-corrected chi connectivity index (χ2v) is 5.84. The average Bonchev–Trinajstić information content (AvgIpc) is 2.61. The van der Waals surface area contributed by atoms with Crippen LogP contribution in [0.3, 0.4) is 0 Å². The van der Waals surface area contributed by atoms with E-state index in [1.807, 2.05) is 12.1 Å². The number of benzene rings is 2. The Labute approximate surface area is 140 Å². The van der Waals surface area contributed by atoms with Crippen LogP contribution in [0.4, 0.5) is 17.1 Å². The molecule has 0 bridgehead atoms. The summed E-state index contributed by atoms with van der Waals surface area (Å²) in [4.78, 5) is 23.2. The van der Waals surface area contributed by atoms with E-state index < -0.39 is 4.92 Å². The molecule has 0 heterocycles. The topological polar surface area (TPSA) is 84.3 Å². The molecule has 6 heteroatoms. The van der Waals surface area contributed by atoms with Gasteiger partial charge in [-0.2, -0.15) is 0 Å². The Morgan fingerprint density at radius 1 is 1.12 bits per heavy atom. The van der Waals surface area contributed by atoms with Crippen LogP contribution in [-0.2, 0) is 12.8 Å². The molecule has 0 fully saturated rings. The number of nitrogens with one attached hydrogen (secondary N) is 2. The summed E-state index contributed by atoms with van der Waals surface area (Å²) < 4.78 is 0. The molecule has 0 saturated carbocycles. The lowest BCUT2D eigenvalue weighted by molar-refractivity contribution is -0.384. The molecule has 24 heavy (non-hydrogen) atoms. The van der Waals surface area contributed by atoms with Crippen LogP contribution in [0.15, 0.2) is 36.4 Å². The third-order valence-corrected chi connectivity index (χ3v) is 4.37. The maximum atomic E-state index is 12.5. The van der Waals surface area contributed by atoms with E-state index in [9.17, 15) is 14.9 Å². The van der Waals surface area contributed by atoms with Gasteiger partial charge >= 0.3 is 0 Å². The van der Waals surface area contributed by atoms with Crippen LogP contribution in [0.5, 0.6) is 0 Å². The van der Waals surface area contributed by atoms with E-state index in [1.54, 1.807) is 19.2 Å². The van der Waals surface area contributed by atoms with Crippen LogP contribution < -0.4 is 10.6 Å². The highest BCUT2D eigenvalue weighted by Gasteiger charge is 2.19. The van der Waals surface area contributed by atoms with Gasteiger partial charge in [-0.3, -0.25) is 14.9 Å². The monoisotopic (exact) mass is 325 g/mol. The first-order valence-corrected chi connectivity index (χ1v) is 7.98. The molecular weight excluding hydrogens is 306 g/mol. The summed E-state index contributed by atoms with van der Waals surface area (Å²) >= 11 is 0. The zero-order chi connectivity index (χ0) is 17.1. The van der Waals surface area contributed by atoms with Crippen LogP contribution in [0.2, 0.25) is 0 Å². The molecule has 2 N–H and O–H groups in total. The number of aryl methyl sites for hydroxylation is 1. The third-order valence-electron chi connectivity index (χ3n) is 4.37. The summed E-state index contributed by atoms with van der Waals surface area (Å²) in [5.41, 5.74) is 3.80. The first-order chi connectivity index (χ1) is 11.6. The fourth-order valence-electron chi connectivity index (χ4n) is 3.13. The van der Waals surface area contributed by atoms with Gasteiger partial charge in [-0.25, -0.2) is 0 Å². The van der Waals surface area contributed by atoms with Crippen molar-refractivity contribution in [1.29, 1.82) is 0 Å². The molecule has 1 aliphatic carbocycles.